The average Bonchev–Trinajstić information content (AvgIpc) is 2.34. The highest BCUT2D eigenvalue weighted by Crippen LogP contribution is 2.05. The van der Waals surface area contributed by atoms with Gasteiger partial charge < -0.3 is 15.7 Å². The molecule has 1 saturated heterocycles. The zero-order valence-electron chi connectivity index (χ0n) is 6.28. The molecule has 0 radical (unpaired) electrons. The van der Waals surface area contributed by atoms with E-state index >= 15 is 0 Å². The van der Waals surface area contributed by atoms with E-state index in [1.54, 1.807) is 0 Å². The molecule has 0 spiro atoms. The van der Waals surface area contributed by atoms with Crippen LogP contribution in [0.5, 0.6) is 0 Å². The molecule has 1 amide bonds. The lowest BCUT2D eigenvalue weighted by Crippen LogP contribution is -2.41. The Balaban J connectivity index is 2.38. The molecule has 6 heteroatoms. The van der Waals surface area contributed by atoms with E-state index in [2.05, 4.69) is 35.5 Å². The lowest BCUT2D eigenvalue weighted by Gasteiger charge is -2.08. The molecular weight excluding hydrogens is 196 g/mol. The molecule has 0 aromatic carbocycles. The van der Waals surface area contributed by atoms with Crippen LogP contribution in [0, 0.1) is 0 Å². The fraction of sp³-hybridized carbons (Fsp3) is 0.667. The zero-order chi connectivity index (χ0) is 9.14. The van der Waals surface area contributed by atoms with Gasteiger partial charge in [-0.2, -0.15) is 0 Å². The molecule has 4 nitrogen and oxygen atoms in total. The molecule has 1 aliphatic rings. The summed E-state index contributed by atoms with van der Waals surface area (Å²) in [5.41, 5.74) is 0. The number of aliphatic hydroxyl groups excluding tert-OH is 1. The molecule has 0 saturated carbocycles. The third-order valence-electron chi connectivity index (χ3n) is 1.65. The Labute approximate surface area is 81.1 Å². The van der Waals surface area contributed by atoms with Crippen molar-refractivity contribution in [2.24, 2.45) is 0 Å². The number of rotatable bonds is 1. The molecule has 68 valence electrons. The second-order valence-electron chi connectivity index (χ2n) is 2.64. The Kier molecular flexibility index (Phi) is 3.45. The molecule has 0 aliphatic carbocycles. The van der Waals surface area contributed by atoms with E-state index in [1.165, 1.54) is 0 Å². The van der Waals surface area contributed by atoms with Crippen LogP contribution in [0.15, 0.2) is 0 Å². The quantitative estimate of drug-likeness (QED) is 0.330. The standard InChI is InChI=1S/C6H10N2O2S2/c9-3-1-4(7-2-3)5(10)8-6(11)12/h3-4,7,9H,1-2H2,(H2,8,10,11,12)/t3-,4?/m0/s1. The van der Waals surface area contributed by atoms with Crippen molar-refractivity contribution in [2.75, 3.05) is 6.54 Å². The van der Waals surface area contributed by atoms with Gasteiger partial charge in [0.1, 0.15) is 4.32 Å². The Morgan fingerprint density at radius 1 is 1.75 bits per heavy atom. The van der Waals surface area contributed by atoms with Crippen molar-refractivity contribution >= 4 is 35.1 Å². The van der Waals surface area contributed by atoms with Gasteiger partial charge in [-0.15, -0.1) is 12.6 Å². The normalized spacial score (nSPS) is 28.5. The van der Waals surface area contributed by atoms with Crippen LogP contribution < -0.4 is 10.6 Å². The second-order valence-corrected chi connectivity index (χ2v) is 3.80. The summed E-state index contributed by atoms with van der Waals surface area (Å²) < 4.78 is 0.156. The van der Waals surface area contributed by atoms with E-state index in [0.29, 0.717) is 13.0 Å². The molecule has 1 aliphatic heterocycles. The van der Waals surface area contributed by atoms with Crippen molar-refractivity contribution in [3.63, 3.8) is 0 Å². The lowest BCUT2D eigenvalue weighted by molar-refractivity contribution is -0.121. The van der Waals surface area contributed by atoms with Crippen LogP contribution in [0.25, 0.3) is 0 Å². The molecule has 3 N–H and O–H groups in total. The minimum atomic E-state index is -0.436. The number of amides is 1. The highest BCUT2D eigenvalue weighted by Gasteiger charge is 2.27. The molecule has 1 fully saturated rings. The maximum atomic E-state index is 11.2. The van der Waals surface area contributed by atoms with E-state index in [0.717, 1.165) is 0 Å². The van der Waals surface area contributed by atoms with Crippen LogP contribution in [0.4, 0.5) is 0 Å². The number of hydrogen-bond donors (Lipinski definition) is 4. The summed E-state index contributed by atoms with van der Waals surface area (Å²) in [6, 6.07) is -0.343. The van der Waals surface area contributed by atoms with Gasteiger partial charge in [-0.3, -0.25) is 4.79 Å². The number of carbonyl (C=O) groups is 1. The van der Waals surface area contributed by atoms with Crippen LogP contribution in [-0.4, -0.2) is 34.0 Å². The van der Waals surface area contributed by atoms with Crippen molar-refractivity contribution < 1.29 is 9.90 Å². The molecule has 1 rings (SSSR count). The first-order valence-electron chi connectivity index (χ1n) is 3.55. The summed E-state index contributed by atoms with van der Waals surface area (Å²) in [5, 5.41) is 14.3. The van der Waals surface area contributed by atoms with Crippen LogP contribution in [-0.2, 0) is 4.79 Å². The summed E-state index contributed by atoms with van der Waals surface area (Å²) in [6.45, 7) is 0.456. The molecule has 12 heavy (non-hydrogen) atoms. The predicted octanol–water partition coefficient (Wildman–Crippen LogP) is -0.960. The molecule has 2 atom stereocenters. The van der Waals surface area contributed by atoms with Gasteiger partial charge >= 0.3 is 0 Å². The summed E-state index contributed by atoms with van der Waals surface area (Å²) in [5.74, 6) is -0.230. The van der Waals surface area contributed by atoms with Crippen LogP contribution in [0.1, 0.15) is 6.42 Å². The SMILES string of the molecule is O=C(NC(=S)S)C1C[C@H](O)CN1. The van der Waals surface area contributed by atoms with E-state index in [1.807, 2.05) is 0 Å². The third-order valence-corrected chi connectivity index (χ3v) is 1.87. The smallest absolute Gasteiger partial charge is 0.242 e. The summed E-state index contributed by atoms with van der Waals surface area (Å²) in [7, 11) is 0. The monoisotopic (exact) mass is 206 g/mol. The maximum absolute atomic E-state index is 11.2. The van der Waals surface area contributed by atoms with E-state index in [-0.39, 0.29) is 16.3 Å². The highest BCUT2D eigenvalue weighted by atomic mass is 32.1. The molecule has 0 aromatic rings. The van der Waals surface area contributed by atoms with Crippen molar-refractivity contribution in [3.05, 3.63) is 0 Å². The summed E-state index contributed by atoms with van der Waals surface area (Å²) >= 11 is 8.34. The van der Waals surface area contributed by atoms with Gasteiger partial charge in [0.05, 0.1) is 12.1 Å². The number of β-amino-alcohol motifs (C(OH)–C–C–N with tert-alkyl or cyclic N) is 1. The fourth-order valence-electron chi connectivity index (χ4n) is 1.11. The van der Waals surface area contributed by atoms with Crippen molar-refractivity contribution in [1.82, 2.24) is 10.6 Å². The van der Waals surface area contributed by atoms with Crippen LogP contribution in [0.3, 0.4) is 0 Å². The summed E-state index contributed by atoms with van der Waals surface area (Å²) in [6.07, 6.45) is -0.00313. The number of thiol groups is 1. The number of hydrogen-bond acceptors (Lipinski definition) is 4. The first-order valence-corrected chi connectivity index (χ1v) is 4.40. The van der Waals surface area contributed by atoms with Gasteiger partial charge in [0.25, 0.3) is 0 Å². The number of nitrogens with one attached hydrogen (secondary N) is 2. The van der Waals surface area contributed by atoms with Gasteiger partial charge in [-0.25, -0.2) is 0 Å². The number of thiocarbonyl (C=S) groups is 1. The van der Waals surface area contributed by atoms with Gasteiger partial charge in [0.15, 0.2) is 0 Å². The predicted molar refractivity (Wildman–Crippen MR) is 52.1 cm³/mol. The van der Waals surface area contributed by atoms with E-state index in [4.69, 9.17) is 5.11 Å². The second kappa shape index (κ2) is 4.18. The maximum Gasteiger partial charge on any atom is 0.242 e. The molecular formula is C6H10N2O2S2. The van der Waals surface area contributed by atoms with Gasteiger partial charge in [-0.1, -0.05) is 12.2 Å². The first-order chi connectivity index (χ1) is 5.59. The highest BCUT2D eigenvalue weighted by molar-refractivity contribution is 8.11. The minimum Gasteiger partial charge on any atom is -0.392 e. The Morgan fingerprint density at radius 2 is 2.42 bits per heavy atom. The van der Waals surface area contributed by atoms with Gasteiger partial charge in [0.2, 0.25) is 5.91 Å². The van der Waals surface area contributed by atoms with Gasteiger partial charge in [-0.05, 0) is 6.42 Å². The lowest BCUT2D eigenvalue weighted by atomic mass is 10.2. The van der Waals surface area contributed by atoms with E-state index < -0.39 is 6.10 Å². The van der Waals surface area contributed by atoms with Crippen molar-refractivity contribution in [1.29, 1.82) is 0 Å². The largest absolute Gasteiger partial charge is 0.392 e. The van der Waals surface area contributed by atoms with E-state index in [9.17, 15) is 4.79 Å². The molecule has 1 unspecified atom stereocenters. The van der Waals surface area contributed by atoms with Crippen molar-refractivity contribution in [2.45, 2.75) is 18.6 Å². The topological polar surface area (TPSA) is 61.4 Å². The molecule has 0 aromatic heterocycles. The zero-order valence-corrected chi connectivity index (χ0v) is 7.99. The Bertz CT molecular complexity index is 210. The van der Waals surface area contributed by atoms with Crippen LogP contribution >= 0.6 is 24.8 Å². The van der Waals surface area contributed by atoms with Crippen LogP contribution in [0.2, 0.25) is 0 Å². The Hall–Kier alpha value is -0.170. The van der Waals surface area contributed by atoms with Gasteiger partial charge in [0, 0.05) is 6.54 Å². The first kappa shape index (κ1) is 9.91. The number of aliphatic hydroxyl groups is 1. The third kappa shape index (κ3) is 2.71. The number of carbonyl (C=O) groups excluding carboxylic acids is 1. The average molecular weight is 206 g/mol. The molecule has 0 bridgehead atoms. The van der Waals surface area contributed by atoms with Crippen molar-refractivity contribution in [3.8, 4) is 0 Å². The minimum absolute atomic E-state index is 0.156. The fourth-order valence-corrected chi connectivity index (χ4v) is 1.32. The summed E-state index contributed by atoms with van der Waals surface area (Å²) in [4.78, 5) is 11.2. The Morgan fingerprint density at radius 3 is 2.83 bits per heavy atom. The molecule has 1 heterocycles.